The molecular formula is C22H22O6. The van der Waals surface area contributed by atoms with Crippen LogP contribution >= 0.6 is 0 Å². The van der Waals surface area contributed by atoms with Crippen LogP contribution in [-0.4, -0.2) is 29.9 Å². The van der Waals surface area contributed by atoms with Crippen molar-refractivity contribution < 1.29 is 28.6 Å². The maximum atomic E-state index is 12.8. The van der Waals surface area contributed by atoms with Crippen molar-refractivity contribution >= 4 is 17.7 Å². The van der Waals surface area contributed by atoms with Crippen LogP contribution in [0.2, 0.25) is 0 Å². The average molecular weight is 382 g/mol. The summed E-state index contributed by atoms with van der Waals surface area (Å²) in [7, 11) is 0. The lowest BCUT2D eigenvalue weighted by Gasteiger charge is -2.24. The molecule has 0 aromatic heterocycles. The first-order valence-corrected chi connectivity index (χ1v) is 9.12. The number of hydrogen-bond acceptors (Lipinski definition) is 6. The molecule has 2 aromatic carbocycles. The molecule has 0 radical (unpaired) electrons. The summed E-state index contributed by atoms with van der Waals surface area (Å²) in [6, 6.07) is 13.5. The summed E-state index contributed by atoms with van der Waals surface area (Å²) in [5.41, 5.74) is 0.0533. The van der Waals surface area contributed by atoms with Crippen LogP contribution in [0.4, 0.5) is 0 Å². The Bertz CT molecular complexity index is 897. The first-order valence-electron chi connectivity index (χ1n) is 9.12. The quantitative estimate of drug-likeness (QED) is 0.330. The number of para-hydroxylation sites is 1. The summed E-state index contributed by atoms with van der Waals surface area (Å²) in [5, 5.41) is 0. The van der Waals surface area contributed by atoms with Crippen molar-refractivity contribution in [2.45, 2.75) is 32.8 Å². The molecule has 0 N–H and O–H groups in total. The third-order valence-corrected chi connectivity index (χ3v) is 4.49. The van der Waals surface area contributed by atoms with E-state index in [9.17, 15) is 14.4 Å². The Kier molecular flexibility index (Phi) is 5.49. The molecule has 0 bridgehead atoms. The minimum Gasteiger partial charge on any atom is -0.476 e. The highest BCUT2D eigenvalue weighted by Crippen LogP contribution is 2.30. The molecule has 6 heteroatoms. The largest absolute Gasteiger partial charge is 0.476 e. The number of carbonyl (C=O) groups is 3. The Morgan fingerprint density at radius 3 is 2.46 bits per heavy atom. The van der Waals surface area contributed by atoms with Gasteiger partial charge in [-0.25, -0.2) is 4.79 Å². The number of Topliss-reactive ketones (excluding diaryl/α,β-unsaturated/α-hetero) is 1. The number of esters is 2. The summed E-state index contributed by atoms with van der Waals surface area (Å²) in [4.78, 5) is 37.0. The first kappa shape index (κ1) is 19.6. The number of benzene rings is 2. The van der Waals surface area contributed by atoms with Crippen molar-refractivity contribution in [2.75, 3.05) is 6.61 Å². The highest BCUT2D eigenvalue weighted by Gasteiger charge is 2.35. The summed E-state index contributed by atoms with van der Waals surface area (Å²) < 4.78 is 16.0. The molecular weight excluding hydrogens is 360 g/mol. The van der Waals surface area contributed by atoms with E-state index in [0.717, 1.165) is 5.56 Å². The fraction of sp³-hybridized carbons (Fsp3) is 0.318. The van der Waals surface area contributed by atoms with E-state index in [2.05, 4.69) is 0 Å². The predicted molar refractivity (Wildman–Crippen MR) is 101 cm³/mol. The van der Waals surface area contributed by atoms with E-state index in [-0.39, 0.29) is 12.4 Å². The molecule has 146 valence electrons. The molecule has 1 heterocycles. The Labute approximate surface area is 163 Å². The SMILES string of the molecule is CCOC(=O)C(C)(C)Oc1ccc(C(=O)C2Cc3ccccc3OC2=O)cc1. The van der Waals surface area contributed by atoms with E-state index in [0.29, 0.717) is 23.5 Å². The summed E-state index contributed by atoms with van der Waals surface area (Å²) >= 11 is 0. The summed E-state index contributed by atoms with van der Waals surface area (Å²) in [5.74, 6) is -1.28. The minimum atomic E-state index is -1.15. The van der Waals surface area contributed by atoms with E-state index in [1.807, 2.05) is 12.1 Å². The number of ether oxygens (including phenoxy) is 3. The van der Waals surface area contributed by atoms with Crippen molar-refractivity contribution in [2.24, 2.45) is 5.92 Å². The maximum absolute atomic E-state index is 12.8. The van der Waals surface area contributed by atoms with Gasteiger partial charge in [-0.05, 0) is 63.1 Å². The monoisotopic (exact) mass is 382 g/mol. The fourth-order valence-electron chi connectivity index (χ4n) is 2.98. The van der Waals surface area contributed by atoms with Gasteiger partial charge in [0, 0.05) is 5.56 Å². The molecule has 0 spiro atoms. The molecule has 0 saturated heterocycles. The second-order valence-corrected chi connectivity index (χ2v) is 7.01. The molecule has 6 nitrogen and oxygen atoms in total. The van der Waals surface area contributed by atoms with Crippen LogP contribution < -0.4 is 9.47 Å². The van der Waals surface area contributed by atoms with Crippen LogP contribution in [0.5, 0.6) is 11.5 Å². The highest BCUT2D eigenvalue weighted by atomic mass is 16.6. The van der Waals surface area contributed by atoms with Crippen molar-refractivity contribution in [3.05, 3.63) is 59.7 Å². The molecule has 1 aliphatic heterocycles. The van der Waals surface area contributed by atoms with Crippen LogP contribution in [0, 0.1) is 5.92 Å². The summed E-state index contributed by atoms with van der Waals surface area (Å²) in [6.07, 6.45) is 0.308. The standard InChI is InChI=1S/C22H22O6/c1-4-26-21(25)22(2,3)28-16-11-9-14(10-12-16)19(23)17-13-15-7-5-6-8-18(15)27-20(17)24/h5-12,17H,4,13H2,1-3H3. The van der Waals surface area contributed by atoms with Gasteiger partial charge in [0.1, 0.15) is 17.4 Å². The van der Waals surface area contributed by atoms with Crippen LogP contribution in [0.1, 0.15) is 36.7 Å². The molecule has 28 heavy (non-hydrogen) atoms. The number of ketones is 1. The fourth-order valence-corrected chi connectivity index (χ4v) is 2.98. The third kappa shape index (κ3) is 4.06. The second-order valence-electron chi connectivity index (χ2n) is 7.01. The molecule has 1 atom stereocenters. The first-order chi connectivity index (χ1) is 13.3. The van der Waals surface area contributed by atoms with Crippen molar-refractivity contribution in [1.82, 2.24) is 0 Å². The lowest BCUT2D eigenvalue weighted by molar-refractivity contribution is -0.158. The molecule has 0 amide bonds. The molecule has 2 aromatic rings. The Morgan fingerprint density at radius 2 is 1.79 bits per heavy atom. The second kappa shape index (κ2) is 7.84. The van der Waals surface area contributed by atoms with Gasteiger partial charge in [-0.3, -0.25) is 9.59 Å². The van der Waals surface area contributed by atoms with E-state index in [1.54, 1.807) is 57.2 Å². The van der Waals surface area contributed by atoms with Crippen LogP contribution in [-0.2, 0) is 20.7 Å². The van der Waals surface area contributed by atoms with Gasteiger partial charge in [-0.1, -0.05) is 18.2 Å². The average Bonchev–Trinajstić information content (AvgIpc) is 2.67. The zero-order valence-corrected chi connectivity index (χ0v) is 16.1. The van der Waals surface area contributed by atoms with Crippen molar-refractivity contribution in [3.8, 4) is 11.5 Å². The van der Waals surface area contributed by atoms with Gasteiger partial charge in [-0.15, -0.1) is 0 Å². The van der Waals surface area contributed by atoms with Gasteiger partial charge < -0.3 is 14.2 Å². The Balaban J connectivity index is 1.72. The third-order valence-electron chi connectivity index (χ3n) is 4.49. The van der Waals surface area contributed by atoms with E-state index in [1.165, 1.54) is 0 Å². The van der Waals surface area contributed by atoms with E-state index < -0.39 is 23.5 Å². The van der Waals surface area contributed by atoms with Gasteiger partial charge in [0.2, 0.25) is 0 Å². The van der Waals surface area contributed by atoms with Crippen molar-refractivity contribution in [1.29, 1.82) is 0 Å². The number of hydrogen-bond donors (Lipinski definition) is 0. The predicted octanol–water partition coefficient (Wildman–Crippen LogP) is 3.37. The minimum absolute atomic E-state index is 0.264. The zero-order chi connectivity index (χ0) is 20.3. The number of carbonyl (C=O) groups excluding carboxylic acids is 3. The lowest BCUT2D eigenvalue weighted by atomic mass is 9.89. The van der Waals surface area contributed by atoms with Gasteiger partial charge in [-0.2, -0.15) is 0 Å². The number of fused-ring (bicyclic) bond motifs is 1. The lowest BCUT2D eigenvalue weighted by Crippen LogP contribution is -2.39. The highest BCUT2D eigenvalue weighted by molar-refractivity contribution is 6.09. The molecule has 0 fully saturated rings. The smallest absolute Gasteiger partial charge is 0.349 e. The molecule has 1 aliphatic rings. The van der Waals surface area contributed by atoms with Crippen LogP contribution in [0.3, 0.4) is 0 Å². The molecule has 0 saturated carbocycles. The van der Waals surface area contributed by atoms with Crippen LogP contribution in [0.15, 0.2) is 48.5 Å². The van der Waals surface area contributed by atoms with Gasteiger partial charge in [0.25, 0.3) is 0 Å². The molecule has 0 aliphatic carbocycles. The zero-order valence-electron chi connectivity index (χ0n) is 16.1. The summed E-state index contributed by atoms with van der Waals surface area (Å²) in [6.45, 7) is 5.21. The Morgan fingerprint density at radius 1 is 1.11 bits per heavy atom. The van der Waals surface area contributed by atoms with Gasteiger partial charge >= 0.3 is 11.9 Å². The normalized spacial score (nSPS) is 16.0. The Hall–Kier alpha value is -3.15. The van der Waals surface area contributed by atoms with E-state index >= 15 is 0 Å². The molecule has 1 unspecified atom stereocenters. The maximum Gasteiger partial charge on any atom is 0.349 e. The van der Waals surface area contributed by atoms with Gasteiger partial charge in [0.15, 0.2) is 11.4 Å². The van der Waals surface area contributed by atoms with Crippen LogP contribution in [0.25, 0.3) is 0 Å². The van der Waals surface area contributed by atoms with E-state index in [4.69, 9.17) is 14.2 Å². The van der Waals surface area contributed by atoms with Gasteiger partial charge in [0.05, 0.1) is 6.61 Å². The number of rotatable bonds is 6. The molecule has 3 rings (SSSR count). The topological polar surface area (TPSA) is 78.9 Å². The van der Waals surface area contributed by atoms with Crippen molar-refractivity contribution in [3.63, 3.8) is 0 Å².